The van der Waals surface area contributed by atoms with Crippen molar-refractivity contribution in [2.24, 2.45) is 0 Å². The number of fused-ring (bicyclic) bond motifs is 1. The molecule has 33 heavy (non-hydrogen) atoms. The Labute approximate surface area is 201 Å². The maximum Gasteiger partial charge on any atom is 0.273 e. The minimum Gasteiger partial charge on any atom is -0.493 e. The average Bonchev–Trinajstić information content (AvgIpc) is 3.07. The van der Waals surface area contributed by atoms with E-state index in [0.717, 1.165) is 23.1 Å². The Morgan fingerprint density at radius 2 is 1.55 bits per heavy atom. The molecule has 1 saturated heterocycles. The predicted molar refractivity (Wildman–Crippen MR) is 137 cm³/mol. The number of carbonyl (C=O) groups is 1. The van der Waals surface area contributed by atoms with Gasteiger partial charge in [0.15, 0.2) is 16.6 Å². The first kappa shape index (κ1) is 23.3. The van der Waals surface area contributed by atoms with Gasteiger partial charge in [0.25, 0.3) is 5.91 Å². The molecule has 0 unspecified atom stereocenters. The molecule has 6 heteroatoms. The highest BCUT2D eigenvalue weighted by atomic mass is 32.1. The van der Waals surface area contributed by atoms with E-state index in [0.29, 0.717) is 22.3 Å². The molecular formula is C27H32N2O3S. The van der Waals surface area contributed by atoms with Gasteiger partial charge in [-0.05, 0) is 94.9 Å². The first-order valence-electron chi connectivity index (χ1n) is 11.2. The Balaban J connectivity index is 1.94. The highest BCUT2D eigenvalue weighted by Gasteiger charge is 2.37. The van der Waals surface area contributed by atoms with E-state index >= 15 is 0 Å². The number of methoxy groups -OCH3 is 2. The van der Waals surface area contributed by atoms with Gasteiger partial charge < -0.3 is 14.8 Å². The predicted octanol–water partition coefficient (Wildman–Crippen LogP) is 5.37. The third-order valence-electron chi connectivity index (χ3n) is 7.02. The molecule has 2 N–H and O–H groups in total. The van der Waals surface area contributed by atoms with E-state index in [9.17, 15) is 4.79 Å². The molecule has 5 nitrogen and oxygen atoms in total. The Morgan fingerprint density at radius 1 is 0.909 bits per heavy atom. The number of nitrogens with one attached hydrogen (secondary N) is 2. The van der Waals surface area contributed by atoms with E-state index in [4.69, 9.17) is 21.7 Å². The van der Waals surface area contributed by atoms with E-state index < -0.39 is 0 Å². The van der Waals surface area contributed by atoms with Gasteiger partial charge in [0, 0.05) is 5.56 Å². The lowest BCUT2D eigenvalue weighted by Crippen LogP contribution is -2.34. The summed E-state index contributed by atoms with van der Waals surface area (Å²) in [6.45, 7) is 11.5. The second kappa shape index (κ2) is 8.17. The van der Waals surface area contributed by atoms with Crippen LogP contribution in [0.25, 0.3) is 17.2 Å². The summed E-state index contributed by atoms with van der Waals surface area (Å²) in [5.41, 5.74) is 7.48. The van der Waals surface area contributed by atoms with E-state index in [-0.39, 0.29) is 16.7 Å². The topological polar surface area (TPSA) is 59.6 Å². The zero-order valence-electron chi connectivity index (χ0n) is 20.4. The molecule has 1 heterocycles. The van der Waals surface area contributed by atoms with Crippen LogP contribution in [-0.4, -0.2) is 25.2 Å². The molecule has 0 spiro atoms. The molecule has 2 aliphatic rings. The van der Waals surface area contributed by atoms with Crippen LogP contribution in [0.1, 0.15) is 62.8 Å². The number of benzene rings is 2. The van der Waals surface area contributed by atoms with Crippen molar-refractivity contribution in [1.29, 1.82) is 0 Å². The maximum absolute atomic E-state index is 12.2. The van der Waals surface area contributed by atoms with Gasteiger partial charge in [0.05, 0.1) is 14.2 Å². The molecule has 174 valence electrons. The highest BCUT2D eigenvalue weighted by Crippen LogP contribution is 2.49. The van der Waals surface area contributed by atoms with Crippen LogP contribution in [0.3, 0.4) is 0 Å². The second-order valence-corrected chi connectivity index (χ2v) is 10.7. The third kappa shape index (κ3) is 4.12. The van der Waals surface area contributed by atoms with Gasteiger partial charge in [-0.1, -0.05) is 33.8 Å². The lowest BCUT2D eigenvalue weighted by molar-refractivity contribution is -0.115. The van der Waals surface area contributed by atoms with Crippen molar-refractivity contribution >= 4 is 29.3 Å². The van der Waals surface area contributed by atoms with E-state index in [1.807, 2.05) is 12.1 Å². The van der Waals surface area contributed by atoms with Crippen molar-refractivity contribution in [1.82, 2.24) is 10.6 Å². The van der Waals surface area contributed by atoms with Gasteiger partial charge >= 0.3 is 0 Å². The van der Waals surface area contributed by atoms with Crippen LogP contribution in [0.15, 0.2) is 30.0 Å². The number of hydrogen-bond acceptors (Lipinski definition) is 4. The number of amides is 1. The Bertz CT molecular complexity index is 1190. The average molecular weight is 465 g/mol. The summed E-state index contributed by atoms with van der Waals surface area (Å²) in [4.78, 5) is 12.2. The van der Waals surface area contributed by atoms with Crippen molar-refractivity contribution in [2.45, 2.75) is 58.3 Å². The zero-order chi connectivity index (χ0) is 24.1. The van der Waals surface area contributed by atoms with Crippen molar-refractivity contribution < 1.29 is 14.3 Å². The number of rotatable bonds is 4. The first-order valence-corrected chi connectivity index (χ1v) is 11.6. The molecule has 0 radical (unpaired) electrons. The third-order valence-corrected chi connectivity index (χ3v) is 7.22. The van der Waals surface area contributed by atoms with Gasteiger partial charge in [-0.3, -0.25) is 10.1 Å². The molecule has 0 atom stereocenters. The number of carbonyl (C=O) groups excluding carboxylic acids is 1. The maximum atomic E-state index is 12.2. The van der Waals surface area contributed by atoms with Crippen LogP contribution < -0.4 is 20.1 Å². The molecule has 1 aliphatic heterocycles. The number of aryl methyl sites for hydroxylation is 1. The van der Waals surface area contributed by atoms with Crippen LogP contribution in [0, 0.1) is 6.92 Å². The smallest absolute Gasteiger partial charge is 0.273 e. The van der Waals surface area contributed by atoms with Crippen LogP contribution in [-0.2, 0) is 15.6 Å². The van der Waals surface area contributed by atoms with Crippen molar-refractivity contribution in [2.75, 3.05) is 14.2 Å². The Hall–Kier alpha value is -2.86. The molecule has 2 aromatic rings. The molecule has 0 aromatic heterocycles. The summed E-state index contributed by atoms with van der Waals surface area (Å²) in [5.74, 6) is 1.04. The quantitative estimate of drug-likeness (QED) is 0.470. The number of ether oxygens (including phenoxy) is 2. The summed E-state index contributed by atoms with van der Waals surface area (Å²) in [6.07, 6.45) is 4.09. The number of hydrogen-bond donors (Lipinski definition) is 2. The fourth-order valence-electron chi connectivity index (χ4n) is 4.93. The Kier molecular flexibility index (Phi) is 5.77. The van der Waals surface area contributed by atoms with Crippen molar-refractivity contribution in [3.8, 4) is 22.6 Å². The van der Waals surface area contributed by atoms with Crippen LogP contribution >= 0.6 is 12.2 Å². The highest BCUT2D eigenvalue weighted by molar-refractivity contribution is 7.80. The zero-order valence-corrected chi connectivity index (χ0v) is 21.3. The summed E-state index contributed by atoms with van der Waals surface area (Å²) in [7, 11) is 3.28. The standard InChI is InChI=1S/C27H32N2O3S/c1-15-10-19-20(27(4,5)9-8-26(19,2)3)14-17(15)18-11-16(13-22(31-6)23(18)32-7)12-21-24(30)29-25(33)28-21/h10-14H,8-9H2,1-7H3,(H2,28,29,30,33). The van der Waals surface area contributed by atoms with Crippen LogP contribution in [0.5, 0.6) is 11.5 Å². The molecular weight excluding hydrogens is 432 g/mol. The number of thiocarbonyl (C=S) groups is 1. The molecule has 2 aromatic carbocycles. The monoisotopic (exact) mass is 464 g/mol. The Morgan fingerprint density at radius 3 is 2.09 bits per heavy atom. The summed E-state index contributed by atoms with van der Waals surface area (Å²) in [6, 6.07) is 8.58. The van der Waals surface area contributed by atoms with Crippen LogP contribution in [0.2, 0.25) is 0 Å². The normalized spacial score (nSPS) is 19.7. The molecule has 1 amide bonds. The van der Waals surface area contributed by atoms with Crippen LogP contribution in [0.4, 0.5) is 0 Å². The van der Waals surface area contributed by atoms with E-state index in [1.54, 1.807) is 20.3 Å². The molecule has 1 aliphatic carbocycles. The molecule has 0 bridgehead atoms. The fraction of sp³-hybridized carbons (Fsp3) is 0.407. The van der Waals surface area contributed by atoms with Gasteiger partial charge in [-0.25, -0.2) is 0 Å². The minimum atomic E-state index is -0.245. The lowest BCUT2D eigenvalue weighted by atomic mass is 9.62. The minimum absolute atomic E-state index is 0.0891. The van der Waals surface area contributed by atoms with Gasteiger partial charge in [-0.15, -0.1) is 0 Å². The van der Waals surface area contributed by atoms with E-state index in [1.165, 1.54) is 23.1 Å². The SMILES string of the molecule is COc1cc(C=C2NC(=S)NC2=O)cc(-c2cc3c(cc2C)C(C)(C)CCC3(C)C)c1OC. The fourth-order valence-corrected chi connectivity index (χ4v) is 5.13. The largest absolute Gasteiger partial charge is 0.493 e. The first-order chi connectivity index (χ1) is 15.5. The van der Waals surface area contributed by atoms with Crippen molar-refractivity contribution in [3.63, 3.8) is 0 Å². The van der Waals surface area contributed by atoms with Crippen molar-refractivity contribution in [3.05, 3.63) is 52.2 Å². The van der Waals surface area contributed by atoms with Gasteiger partial charge in [0.2, 0.25) is 0 Å². The molecule has 0 saturated carbocycles. The second-order valence-electron chi connectivity index (χ2n) is 10.3. The summed E-state index contributed by atoms with van der Waals surface area (Å²) >= 11 is 5.07. The summed E-state index contributed by atoms with van der Waals surface area (Å²) < 4.78 is 11.5. The lowest BCUT2D eigenvalue weighted by Gasteiger charge is -2.42. The summed E-state index contributed by atoms with van der Waals surface area (Å²) in [5, 5.41) is 5.82. The van der Waals surface area contributed by atoms with E-state index in [2.05, 4.69) is 57.4 Å². The van der Waals surface area contributed by atoms with Gasteiger partial charge in [-0.2, -0.15) is 0 Å². The molecule has 4 rings (SSSR count). The molecule has 1 fully saturated rings. The van der Waals surface area contributed by atoms with Gasteiger partial charge in [0.1, 0.15) is 5.70 Å².